The summed E-state index contributed by atoms with van der Waals surface area (Å²) < 4.78 is 17.0. The molecule has 0 radical (unpaired) electrons. The number of benzene rings is 2. The number of ether oxygens (including phenoxy) is 3. The molecule has 0 fully saturated rings. The molecule has 0 bridgehead atoms. The summed E-state index contributed by atoms with van der Waals surface area (Å²) >= 11 is 0. The summed E-state index contributed by atoms with van der Waals surface area (Å²) in [6.07, 6.45) is 0.233. The Hall–Kier alpha value is -2.17. The molecule has 0 heterocycles. The highest BCUT2D eigenvalue weighted by Crippen LogP contribution is 2.18. The molecular weight excluding hydrogens is 328 g/mol. The summed E-state index contributed by atoms with van der Waals surface area (Å²) in [6.45, 7) is 5.24. The highest BCUT2D eigenvalue weighted by molar-refractivity contribution is 5.76. The third-order valence-electron chi connectivity index (χ3n) is 4.24. The van der Waals surface area contributed by atoms with E-state index in [1.165, 1.54) is 0 Å². The van der Waals surface area contributed by atoms with E-state index in [1.54, 1.807) is 14.0 Å². The van der Waals surface area contributed by atoms with E-state index in [-0.39, 0.29) is 17.8 Å². The number of Topliss-reactive ketones (excluding diaryl/α,β-unsaturated/α-hetero) is 1. The first-order chi connectivity index (χ1) is 12.6. The van der Waals surface area contributed by atoms with Gasteiger partial charge in [-0.25, -0.2) is 0 Å². The molecule has 140 valence electrons. The van der Waals surface area contributed by atoms with E-state index in [0.29, 0.717) is 26.2 Å². The lowest BCUT2D eigenvalue weighted by molar-refractivity contribution is -0.122. The zero-order valence-corrected chi connectivity index (χ0v) is 15.8. The number of carbonyl (C=O) groups excluding carboxylic acids is 1. The topological polar surface area (TPSA) is 44.8 Å². The van der Waals surface area contributed by atoms with Gasteiger partial charge in [0, 0.05) is 12.3 Å². The van der Waals surface area contributed by atoms with Gasteiger partial charge in [-0.1, -0.05) is 49.4 Å². The summed E-state index contributed by atoms with van der Waals surface area (Å²) in [5, 5.41) is 0. The van der Waals surface area contributed by atoms with Crippen LogP contribution in [0.1, 0.15) is 31.4 Å². The van der Waals surface area contributed by atoms with Gasteiger partial charge in [-0.2, -0.15) is 0 Å². The third kappa shape index (κ3) is 6.98. The van der Waals surface area contributed by atoms with Crippen molar-refractivity contribution in [1.29, 1.82) is 0 Å². The molecule has 0 unspecified atom stereocenters. The Kier molecular flexibility index (Phi) is 8.32. The minimum Gasteiger partial charge on any atom is -0.497 e. The summed E-state index contributed by atoms with van der Waals surface area (Å²) in [6, 6.07) is 17.8. The van der Waals surface area contributed by atoms with Crippen LogP contribution in [0.4, 0.5) is 0 Å². The maximum atomic E-state index is 11.6. The van der Waals surface area contributed by atoms with Gasteiger partial charge < -0.3 is 14.2 Å². The molecule has 0 aliphatic heterocycles. The summed E-state index contributed by atoms with van der Waals surface area (Å²) in [4.78, 5) is 11.6. The van der Waals surface area contributed by atoms with Crippen molar-refractivity contribution in [1.82, 2.24) is 0 Å². The molecule has 26 heavy (non-hydrogen) atoms. The highest BCUT2D eigenvalue weighted by Gasteiger charge is 2.20. The Balaban J connectivity index is 1.84. The standard InChI is InChI=1S/C22H28O4/c1-17(14-25-15-19-7-5-4-6-8-19)22(13-18(2)23)26-16-20-9-11-21(24-3)12-10-20/h4-12,17,22H,13-16H2,1-3H3/t17-,22-/m1/s1. The van der Waals surface area contributed by atoms with Gasteiger partial charge in [0.05, 0.1) is 33.0 Å². The summed E-state index contributed by atoms with van der Waals surface area (Å²) in [7, 11) is 1.64. The Morgan fingerprint density at radius 1 is 0.962 bits per heavy atom. The van der Waals surface area contributed by atoms with Crippen molar-refractivity contribution in [3.63, 3.8) is 0 Å². The van der Waals surface area contributed by atoms with Crippen LogP contribution in [0.15, 0.2) is 54.6 Å². The minimum atomic E-state index is -0.162. The second kappa shape index (κ2) is 10.7. The Bertz CT molecular complexity index is 652. The Labute approximate surface area is 156 Å². The van der Waals surface area contributed by atoms with Gasteiger partial charge in [0.2, 0.25) is 0 Å². The lowest BCUT2D eigenvalue weighted by Gasteiger charge is -2.24. The summed E-state index contributed by atoms with van der Waals surface area (Å²) in [5.74, 6) is 1.07. The van der Waals surface area contributed by atoms with Crippen LogP contribution in [-0.4, -0.2) is 25.6 Å². The molecule has 0 saturated heterocycles. The normalized spacial score (nSPS) is 13.2. The minimum absolute atomic E-state index is 0.125. The number of hydrogen-bond acceptors (Lipinski definition) is 4. The fraction of sp³-hybridized carbons (Fsp3) is 0.409. The number of methoxy groups -OCH3 is 1. The molecule has 4 heteroatoms. The molecule has 2 atom stereocenters. The van der Waals surface area contributed by atoms with Crippen molar-refractivity contribution in [2.24, 2.45) is 5.92 Å². The predicted octanol–water partition coefficient (Wildman–Crippen LogP) is 4.41. The van der Waals surface area contributed by atoms with Crippen molar-refractivity contribution < 1.29 is 19.0 Å². The molecule has 0 saturated carbocycles. The Morgan fingerprint density at radius 3 is 2.23 bits per heavy atom. The first kappa shape index (κ1) is 20.1. The SMILES string of the molecule is COc1ccc(CO[C@H](CC(C)=O)[C@H](C)COCc2ccccc2)cc1. The van der Waals surface area contributed by atoms with Crippen LogP contribution in [-0.2, 0) is 27.5 Å². The molecule has 4 nitrogen and oxygen atoms in total. The molecule has 2 aromatic carbocycles. The number of hydrogen-bond donors (Lipinski definition) is 0. The van der Waals surface area contributed by atoms with E-state index in [2.05, 4.69) is 6.92 Å². The fourth-order valence-electron chi connectivity index (χ4n) is 2.68. The molecule has 2 aromatic rings. The lowest BCUT2D eigenvalue weighted by atomic mass is 10.0. The van der Waals surface area contributed by atoms with Gasteiger partial charge in [0.15, 0.2) is 0 Å². The molecule has 0 spiro atoms. The van der Waals surface area contributed by atoms with Gasteiger partial charge in [0.25, 0.3) is 0 Å². The Morgan fingerprint density at radius 2 is 1.62 bits per heavy atom. The van der Waals surface area contributed by atoms with E-state index in [9.17, 15) is 4.79 Å². The van der Waals surface area contributed by atoms with Gasteiger partial charge >= 0.3 is 0 Å². The van der Waals surface area contributed by atoms with Gasteiger partial charge in [-0.3, -0.25) is 4.79 Å². The van der Waals surface area contributed by atoms with Gasteiger partial charge in [-0.15, -0.1) is 0 Å². The highest BCUT2D eigenvalue weighted by atomic mass is 16.5. The molecule has 2 rings (SSSR count). The molecule has 0 amide bonds. The van der Waals surface area contributed by atoms with Crippen molar-refractivity contribution >= 4 is 5.78 Å². The van der Waals surface area contributed by atoms with Crippen LogP contribution in [0, 0.1) is 5.92 Å². The second-order valence-electron chi connectivity index (χ2n) is 6.58. The van der Waals surface area contributed by atoms with E-state index in [4.69, 9.17) is 14.2 Å². The number of carbonyl (C=O) groups is 1. The first-order valence-electron chi connectivity index (χ1n) is 8.94. The van der Waals surface area contributed by atoms with Crippen molar-refractivity contribution in [2.75, 3.05) is 13.7 Å². The molecule has 0 aliphatic rings. The maximum absolute atomic E-state index is 11.6. The predicted molar refractivity (Wildman–Crippen MR) is 102 cm³/mol. The quantitative estimate of drug-likeness (QED) is 0.598. The average Bonchev–Trinajstić information content (AvgIpc) is 2.66. The zero-order chi connectivity index (χ0) is 18.8. The van der Waals surface area contributed by atoms with E-state index < -0.39 is 0 Å². The van der Waals surface area contributed by atoms with Gasteiger partial charge in [0.1, 0.15) is 11.5 Å². The number of ketones is 1. The average molecular weight is 356 g/mol. The van der Waals surface area contributed by atoms with Crippen LogP contribution in [0.2, 0.25) is 0 Å². The van der Waals surface area contributed by atoms with Crippen molar-refractivity contribution in [3.8, 4) is 5.75 Å². The van der Waals surface area contributed by atoms with Crippen molar-refractivity contribution in [3.05, 3.63) is 65.7 Å². The second-order valence-corrected chi connectivity index (χ2v) is 6.58. The van der Waals surface area contributed by atoms with Crippen LogP contribution >= 0.6 is 0 Å². The van der Waals surface area contributed by atoms with Crippen LogP contribution in [0.3, 0.4) is 0 Å². The van der Waals surface area contributed by atoms with E-state index in [1.807, 2.05) is 54.6 Å². The molecule has 0 aliphatic carbocycles. The fourth-order valence-corrected chi connectivity index (χ4v) is 2.68. The maximum Gasteiger partial charge on any atom is 0.132 e. The largest absolute Gasteiger partial charge is 0.497 e. The molecule has 0 aromatic heterocycles. The lowest BCUT2D eigenvalue weighted by Crippen LogP contribution is -2.27. The van der Waals surface area contributed by atoms with Gasteiger partial charge in [-0.05, 0) is 30.2 Å². The molecular formula is C22H28O4. The van der Waals surface area contributed by atoms with Crippen LogP contribution in [0.5, 0.6) is 5.75 Å². The monoisotopic (exact) mass is 356 g/mol. The van der Waals surface area contributed by atoms with Crippen molar-refractivity contribution in [2.45, 2.75) is 39.6 Å². The number of rotatable bonds is 11. The summed E-state index contributed by atoms with van der Waals surface area (Å²) in [5.41, 5.74) is 2.19. The smallest absolute Gasteiger partial charge is 0.132 e. The molecule has 0 N–H and O–H groups in total. The van der Waals surface area contributed by atoms with E-state index >= 15 is 0 Å². The first-order valence-corrected chi connectivity index (χ1v) is 8.94. The van der Waals surface area contributed by atoms with Crippen LogP contribution in [0.25, 0.3) is 0 Å². The zero-order valence-electron chi connectivity index (χ0n) is 15.8. The van der Waals surface area contributed by atoms with E-state index in [0.717, 1.165) is 16.9 Å². The third-order valence-corrected chi connectivity index (χ3v) is 4.24. The van der Waals surface area contributed by atoms with Crippen LogP contribution < -0.4 is 4.74 Å².